The summed E-state index contributed by atoms with van der Waals surface area (Å²) < 4.78 is 27.2. The van der Waals surface area contributed by atoms with Crippen LogP contribution in [0.3, 0.4) is 0 Å². The maximum Gasteiger partial charge on any atom is 0.240 e. The number of aromatic nitrogens is 1. The number of thiazole rings is 1. The van der Waals surface area contributed by atoms with Crippen molar-refractivity contribution in [3.8, 4) is 0 Å². The maximum absolute atomic E-state index is 12.3. The van der Waals surface area contributed by atoms with Crippen molar-refractivity contribution in [2.24, 2.45) is 0 Å². The SMILES string of the molecule is O=S(=O)(NCc1cncs1)c1cccc(CNC2CC2)c1. The summed E-state index contributed by atoms with van der Waals surface area (Å²) in [4.78, 5) is 5.13. The lowest BCUT2D eigenvalue weighted by Gasteiger charge is -2.08. The topological polar surface area (TPSA) is 71.1 Å². The first-order valence-corrected chi connectivity index (χ1v) is 9.19. The molecule has 0 radical (unpaired) electrons. The molecule has 0 atom stereocenters. The van der Waals surface area contributed by atoms with Gasteiger partial charge in [0.05, 0.1) is 10.4 Å². The zero-order valence-corrected chi connectivity index (χ0v) is 13.1. The standard InChI is InChI=1S/C14H17N3O2S2/c18-21(19,17-9-13-8-15-10-20-13)14-3-1-2-11(6-14)7-16-12-4-5-12/h1-3,6,8,10,12,16-17H,4-5,7,9H2. The Morgan fingerprint density at radius 3 is 2.86 bits per heavy atom. The van der Waals surface area contributed by atoms with Gasteiger partial charge in [-0.25, -0.2) is 13.1 Å². The van der Waals surface area contributed by atoms with Gasteiger partial charge in [-0.15, -0.1) is 11.3 Å². The second-order valence-electron chi connectivity index (χ2n) is 5.09. The summed E-state index contributed by atoms with van der Waals surface area (Å²) in [6.45, 7) is 0.987. The molecule has 0 amide bonds. The molecule has 5 nitrogen and oxygen atoms in total. The Morgan fingerprint density at radius 1 is 1.29 bits per heavy atom. The first-order chi connectivity index (χ1) is 10.1. The monoisotopic (exact) mass is 323 g/mol. The Bertz CT molecular complexity index is 695. The molecule has 1 aromatic heterocycles. The van der Waals surface area contributed by atoms with E-state index in [0.717, 1.165) is 10.4 Å². The summed E-state index contributed by atoms with van der Waals surface area (Å²) in [6.07, 6.45) is 4.10. The Morgan fingerprint density at radius 2 is 2.14 bits per heavy atom. The van der Waals surface area contributed by atoms with E-state index in [1.54, 1.807) is 29.9 Å². The highest BCUT2D eigenvalue weighted by atomic mass is 32.2. The quantitative estimate of drug-likeness (QED) is 0.816. The van der Waals surface area contributed by atoms with Gasteiger partial charge in [0, 0.05) is 30.2 Å². The summed E-state index contributed by atoms with van der Waals surface area (Å²) >= 11 is 1.43. The van der Waals surface area contributed by atoms with Crippen LogP contribution in [-0.4, -0.2) is 19.4 Å². The van der Waals surface area contributed by atoms with Crippen LogP contribution in [0.4, 0.5) is 0 Å². The number of rotatable bonds is 7. The van der Waals surface area contributed by atoms with Gasteiger partial charge >= 0.3 is 0 Å². The fourth-order valence-electron chi connectivity index (χ4n) is 1.95. The lowest BCUT2D eigenvalue weighted by Crippen LogP contribution is -2.23. The molecule has 0 spiro atoms. The Labute approximate surface area is 128 Å². The van der Waals surface area contributed by atoms with E-state index >= 15 is 0 Å². The number of nitrogens with zero attached hydrogens (tertiary/aromatic N) is 1. The van der Waals surface area contributed by atoms with Crippen molar-refractivity contribution in [2.45, 2.75) is 36.9 Å². The molecule has 2 aromatic rings. The van der Waals surface area contributed by atoms with E-state index in [1.807, 2.05) is 6.07 Å². The molecule has 21 heavy (non-hydrogen) atoms. The third kappa shape index (κ3) is 4.10. The molecular weight excluding hydrogens is 306 g/mol. The maximum atomic E-state index is 12.3. The summed E-state index contributed by atoms with van der Waals surface area (Å²) in [5, 5.41) is 3.38. The Hall–Kier alpha value is -1.28. The van der Waals surface area contributed by atoms with Gasteiger partial charge in [0.15, 0.2) is 0 Å². The summed E-state index contributed by atoms with van der Waals surface area (Å²) in [7, 11) is -3.48. The van der Waals surface area contributed by atoms with E-state index in [0.29, 0.717) is 17.5 Å². The summed E-state index contributed by atoms with van der Waals surface area (Å²) in [5.41, 5.74) is 2.68. The molecule has 7 heteroatoms. The van der Waals surface area contributed by atoms with Gasteiger partial charge < -0.3 is 5.32 Å². The highest BCUT2D eigenvalue weighted by Gasteiger charge is 2.20. The van der Waals surface area contributed by atoms with Crippen molar-refractivity contribution in [1.82, 2.24) is 15.0 Å². The molecule has 3 rings (SSSR count). The molecule has 0 aliphatic heterocycles. The molecule has 1 saturated carbocycles. The third-order valence-corrected chi connectivity index (χ3v) is 5.48. The average Bonchev–Trinajstić information content (AvgIpc) is 3.17. The molecular formula is C14H17N3O2S2. The predicted octanol–water partition coefficient (Wildman–Crippen LogP) is 1.87. The summed E-state index contributed by atoms with van der Waals surface area (Å²) in [5.74, 6) is 0. The van der Waals surface area contributed by atoms with Gasteiger partial charge in [0.1, 0.15) is 0 Å². The fraction of sp³-hybridized carbons (Fsp3) is 0.357. The lowest BCUT2D eigenvalue weighted by atomic mass is 10.2. The van der Waals surface area contributed by atoms with Crippen LogP contribution in [0, 0.1) is 0 Å². The van der Waals surface area contributed by atoms with Gasteiger partial charge in [-0.2, -0.15) is 0 Å². The fourth-order valence-corrected chi connectivity index (χ4v) is 3.65. The molecule has 0 bridgehead atoms. The van der Waals surface area contributed by atoms with Crippen molar-refractivity contribution in [2.75, 3.05) is 0 Å². The van der Waals surface area contributed by atoms with E-state index < -0.39 is 10.0 Å². The minimum atomic E-state index is -3.48. The van der Waals surface area contributed by atoms with Crippen LogP contribution in [0.25, 0.3) is 0 Å². The minimum absolute atomic E-state index is 0.275. The largest absolute Gasteiger partial charge is 0.310 e. The van der Waals surface area contributed by atoms with Crippen LogP contribution in [0.2, 0.25) is 0 Å². The smallest absolute Gasteiger partial charge is 0.240 e. The molecule has 112 valence electrons. The number of hydrogen-bond acceptors (Lipinski definition) is 5. The van der Waals surface area contributed by atoms with E-state index in [4.69, 9.17) is 0 Å². The van der Waals surface area contributed by atoms with Crippen molar-refractivity contribution >= 4 is 21.4 Å². The minimum Gasteiger partial charge on any atom is -0.310 e. The average molecular weight is 323 g/mol. The molecule has 2 N–H and O–H groups in total. The van der Waals surface area contributed by atoms with E-state index in [1.165, 1.54) is 24.2 Å². The zero-order valence-electron chi connectivity index (χ0n) is 11.5. The van der Waals surface area contributed by atoms with Crippen LogP contribution < -0.4 is 10.0 Å². The first-order valence-electron chi connectivity index (χ1n) is 6.83. The Kier molecular flexibility index (Phi) is 4.34. The van der Waals surface area contributed by atoms with Crippen LogP contribution in [0.1, 0.15) is 23.3 Å². The van der Waals surface area contributed by atoms with Gasteiger partial charge in [-0.05, 0) is 30.5 Å². The molecule has 1 aliphatic rings. The van der Waals surface area contributed by atoms with E-state index in [2.05, 4.69) is 15.0 Å². The molecule has 0 unspecified atom stereocenters. The molecule has 1 aromatic carbocycles. The highest BCUT2D eigenvalue weighted by Crippen LogP contribution is 2.20. The van der Waals surface area contributed by atoms with Crippen molar-refractivity contribution in [3.63, 3.8) is 0 Å². The summed E-state index contributed by atoms with van der Waals surface area (Å²) in [6, 6.07) is 7.68. The second-order valence-corrected chi connectivity index (χ2v) is 7.83. The molecule has 1 fully saturated rings. The van der Waals surface area contributed by atoms with E-state index in [9.17, 15) is 8.42 Å². The molecule has 1 aliphatic carbocycles. The third-order valence-electron chi connectivity index (χ3n) is 3.30. The molecule has 1 heterocycles. The molecule has 0 saturated heterocycles. The normalized spacial score (nSPS) is 15.2. The highest BCUT2D eigenvalue weighted by molar-refractivity contribution is 7.89. The number of sulfonamides is 1. The van der Waals surface area contributed by atoms with Crippen LogP contribution in [0.5, 0.6) is 0 Å². The van der Waals surface area contributed by atoms with Gasteiger partial charge in [0.2, 0.25) is 10.0 Å². The number of benzene rings is 1. The second kappa shape index (κ2) is 6.23. The van der Waals surface area contributed by atoms with Crippen LogP contribution in [0.15, 0.2) is 40.9 Å². The van der Waals surface area contributed by atoms with Gasteiger partial charge in [0.25, 0.3) is 0 Å². The van der Waals surface area contributed by atoms with Gasteiger partial charge in [-0.3, -0.25) is 4.98 Å². The predicted molar refractivity (Wildman–Crippen MR) is 82.4 cm³/mol. The van der Waals surface area contributed by atoms with Gasteiger partial charge in [-0.1, -0.05) is 12.1 Å². The first kappa shape index (κ1) is 14.6. The number of nitrogens with one attached hydrogen (secondary N) is 2. The van der Waals surface area contributed by atoms with Crippen molar-refractivity contribution in [3.05, 3.63) is 46.4 Å². The van der Waals surface area contributed by atoms with Crippen molar-refractivity contribution in [1.29, 1.82) is 0 Å². The van der Waals surface area contributed by atoms with E-state index in [-0.39, 0.29) is 6.54 Å². The lowest BCUT2D eigenvalue weighted by molar-refractivity contribution is 0.581. The number of hydrogen-bond donors (Lipinski definition) is 2. The Balaban J connectivity index is 1.67. The van der Waals surface area contributed by atoms with Crippen LogP contribution >= 0.6 is 11.3 Å². The zero-order chi connectivity index (χ0) is 14.7. The van der Waals surface area contributed by atoms with Crippen LogP contribution in [-0.2, 0) is 23.1 Å². The van der Waals surface area contributed by atoms with Crippen molar-refractivity contribution < 1.29 is 8.42 Å².